The van der Waals surface area contributed by atoms with Crippen molar-refractivity contribution in [3.8, 4) is 0 Å². The van der Waals surface area contributed by atoms with Gasteiger partial charge in [0, 0.05) is 24.5 Å². The van der Waals surface area contributed by atoms with Crippen LogP contribution in [0.25, 0.3) is 0 Å². The number of rotatable bonds is 9. The summed E-state index contributed by atoms with van der Waals surface area (Å²) in [5, 5.41) is 3.59. The smallest absolute Gasteiger partial charge is 0.242 e. The summed E-state index contributed by atoms with van der Waals surface area (Å²) in [6.07, 6.45) is 2.13. The zero-order valence-electron chi connectivity index (χ0n) is 15.1. The molecule has 0 aliphatic rings. The fourth-order valence-electron chi connectivity index (χ4n) is 2.36. The van der Waals surface area contributed by atoms with E-state index in [2.05, 4.69) is 19.2 Å². The van der Waals surface area contributed by atoms with Crippen LogP contribution in [0.2, 0.25) is 5.02 Å². The van der Waals surface area contributed by atoms with E-state index in [1.807, 2.05) is 19.1 Å². The molecule has 0 aliphatic carbocycles. The predicted molar refractivity (Wildman–Crippen MR) is 98.8 cm³/mol. The number of hydrogen-bond acceptors (Lipinski definition) is 2. The third kappa shape index (κ3) is 6.91. The van der Waals surface area contributed by atoms with Gasteiger partial charge in [0.15, 0.2) is 0 Å². The number of hydrogen-bond donors (Lipinski definition) is 1. The second kappa shape index (κ2) is 10.3. The first kappa shape index (κ1) is 20.5. The molecule has 0 saturated heterocycles. The fraction of sp³-hybridized carbons (Fsp3) is 0.579. The van der Waals surface area contributed by atoms with Crippen LogP contribution in [-0.4, -0.2) is 29.3 Å². The van der Waals surface area contributed by atoms with Crippen molar-refractivity contribution in [2.75, 3.05) is 6.54 Å². The molecule has 1 rings (SSSR count). The van der Waals surface area contributed by atoms with Crippen molar-refractivity contribution in [3.63, 3.8) is 0 Å². The monoisotopic (exact) mass is 352 g/mol. The standard InChI is InChI=1S/C19H29ClN2O2/c1-5-6-18(23)22(13-16-7-9-17(20)10-8-16)15(4)19(24)21-12-11-14(2)3/h7-10,14-15H,5-6,11-13H2,1-4H3,(H,21,24). The summed E-state index contributed by atoms with van der Waals surface area (Å²) in [7, 11) is 0. The van der Waals surface area contributed by atoms with E-state index < -0.39 is 6.04 Å². The molecule has 0 aromatic heterocycles. The summed E-state index contributed by atoms with van der Waals surface area (Å²) in [5.41, 5.74) is 0.964. The average Bonchev–Trinajstić information content (AvgIpc) is 2.53. The Morgan fingerprint density at radius 1 is 1.17 bits per heavy atom. The van der Waals surface area contributed by atoms with Gasteiger partial charge in [0.2, 0.25) is 11.8 Å². The number of halogens is 1. The van der Waals surface area contributed by atoms with Crippen LogP contribution >= 0.6 is 11.6 Å². The van der Waals surface area contributed by atoms with E-state index in [0.717, 1.165) is 18.4 Å². The van der Waals surface area contributed by atoms with Gasteiger partial charge in [-0.1, -0.05) is 44.5 Å². The van der Waals surface area contributed by atoms with Gasteiger partial charge in [-0.15, -0.1) is 0 Å². The Labute approximate surface area is 150 Å². The van der Waals surface area contributed by atoms with Gasteiger partial charge in [-0.2, -0.15) is 0 Å². The normalized spacial score (nSPS) is 12.1. The summed E-state index contributed by atoms with van der Waals surface area (Å²) in [6, 6.07) is 6.88. The Hall–Kier alpha value is -1.55. The largest absolute Gasteiger partial charge is 0.354 e. The van der Waals surface area contributed by atoms with Gasteiger partial charge in [-0.3, -0.25) is 9.59 Å². The molecule has 1 aromatic carbocycles. The molecule has 0 spiro atoms. The minimum Gasteiger partial charge on any atom is -0.354 e. The van der Waals surface area contributed by atoms with Gasteiger partial charge in [0.1, 0.15) is 6.04 Å². The minimum atomic E-state index is -0.494. The van der Waals surface area contributed by atoms with Crippen LogP contribution < -0.4 is 5.32 Å². The van der Waals surface area contributed by atoms with Crippen molar-refractivity contribution in [1.82, 2.24) is 10.2 Å². The molecule has 0 radical (unpaired) electrons. The first-order valence-electron chi connectivity index (χ1n) is 8.66. The highest BCUT2D eigenvalue weighted by Crippen LogP contribution is 2.15. The van der Waals surface area contributed by atoms with E-state index in [4.69, 9.17) is 11.6 Å². The molecule has 134 valence electrons. The molecule has 0 heterocycles. The number of nitrogens with zero attached hydrogens (tertiary/aromatic N) is 1. The Kier molecular flexibility index (Phi) is 8.83. The molecular weight excluding hydrogens is 324 g/mol. The zero-order chi connectivity index (χ0) is 18.1. The highest BCUT2D eigenvalue weighted by atomic mass is 35.5. The van der Waals surface area contributed by atoms with Crippen LogP contribution in [0.3, 0.4) is 0 Å². The van der Waals surface area contributed by atoms with Gasteiger partial charge in [-0.05, 0) is 43.4 Å². The molecule has 4 nitrogen and oxygen atoms in total. The van der Waals surface area contributed by atoms with E-state index >= 15 is 0 Å². The molecular formula is C19H29ClN2O2. The molecule has 5 heteroatoms. The highest BCUT2D eigenvalue weighted by molar-refractivity contribution is 6.30. The zero-order valence-corrected chi connectivity index (χ0v) is 15.9. The van der Waals surface area contributed by atoms with Crippen molar-refractivity contribution in [1.29, 1.82) is 0 Å². The molecule has 1 atom stereocenters. The van der Waals surface area contributed by atoms with Crippen molar-refractivity contribution in [3.05, 3.63) is 34.9 Å². The number of nitrogens with one attached hydrogen (secondary N) is 1. The molecule has 24 heavy (non-hydrogen) atoms. The second-order valence-corrected chi connectivity index (χ2v) is 6.98. The second-order valence-electron chi connectivity index (χ2n) is 6.55. The number of carbonyl (C=O) groups is 2. The number of carbonyl (C=O) groups excluding carboxylic acids is 2. The third-order valence-electron chi connectivity index (χ3n) is 3.92. The van der Waals surface area contributed by atoms with E-state index in [1.165, 1.54) is 0 Å². The SMILES string of the molecule is CCCC(=O)N(Cc1ccc(Cl)cc1)C(C)C(=O)NCCC(C)C. The van der Waals surface area contributed by atoms with Crippen molar-refractivity contribution >= 4 is 23.4 Å². The molecule has 0 saturated carbocycles. The lowest BCUT2D eigenvalue weighted by molar-refractivity contribution is -0.140. The maximum Gasteiger partial charge on any atom is 0.242 e. The van der Waals surface area contributed by atoms with Crippen LogP contribution in [0.4, 0.5) is 0 Å². The summed E-state index contributed by atoms with van der Waals surface area (Å²) in [6.45, 7) is 9.03. The lowest BCUT2D eigenvalue weighted by Gasteiger charge is -2.29. The summed E-state index contributed by atoms with van der Waals surface area (Å²) in [5.74, 6) is 0.431. The van der Waals surface area contributed by atoms with Crippen molar-refractivity contribution in [2.45, 2.75) is 59.5 Å². The number of amides is 2. The summed E-state index contributed by atoms with van der Waals surface area (Å²) < 4.78 is 0. The van der Waals surface area contributed by atoms with Gasteiger partial charge in [0.05, 0.1) is 0 Å². The van der Waals surface area contributed by atoms with Gasteiger partial charge < -0.3 is 10.2 Å². The maximum atomic E-state index is 12.5. The van der Waals surface area contributed by atoms with Crippen molar-refractivity contribution in [2.24, 2.45) is 5.92 Å². The molecule has 0 aliphatic heterocycles. The van der Waals surface area contributed by atoms with Crippen LogP contribution in [0.15, 0.2) is 24.3 Å². The van der Waals surface area contributed by atoms with Crippen LogP contribution in [0.5, 0.6) is 0 Å². The predicted octanol–water partition coefficient (Wildman–Crippen LogP) is 4.02. The maximum absolute atomic E-state index is 12.5. The average molecular weight is 353 g/mol. The lowest BCUT2D eigenvalue weighted by atomic mass is 10.1. The Morgan fingerprint density at radius 3 is 2.33 bits per heavy atom. The minimum absolute atomic E-state index is 0.000963. The van der Waals surface area contributed by atoms with E-state index in [0.29, 0.717) is 30.5 Å². The highest BCUT2D eigenvalue weighted by Gasteiger charge is 2.25. The Bertz CT molecular complexity index is 529. The Balaban J connectivity index is 2.78. The summed E-state index contributed by atoms with van der Waals surface area (Å²) in [4.78, 5) is 26.5. The fourth-order valence-corrected chi connectivity index (χ4v) is 2.48. The first-order chi connectivity index (χ1) is 11.3. The quantitative estimate of drug-likeness (QED) is 0.729. The molecule has 1 unspecified atom stereocenters. The van der Waals surface area contributed by atoms with Crippen LogP contribution in [-0.2, 0) is 16.1 Å². The molecule has 2 amide bonds. The van der Waals surface area contributed by atoms with Crippen LogP contribution in [0.1, 0.15) is 52.5 Å². The number of benzene rings is 1. The molecule has 1 aromatic rings. The lowest BCUT2D eigenvalue weighted by Crippen LogP contribution is -2.47. The first-order valence-corrected chi connectivity index (χ1v) is 9.04. The van der Waals surface area contributed by atoms with E-state index in [9.17, 15) is 9.59 Å². The Morgan fingerprint density at radius 2 is 1.79 bits per heavy atom. The van der Waals surface area contributed by atoms with E-state index in [1.54, 1.807) is 24.0 Å². The summed E-state index contributed by atoms with van der Waals surface area (Å²) >= 11 is 5.91. The van der Waals surface area contributed by atoms with Crippen molar-refractivity contribution < 1.29 is 9.59 Å². The topological polar surface area (TPSA) is 49.4 Å². The van der Waals surface area contributed by atoms with E-state index in [-0.39, 0.29) is 11.8 Å². The third-order valence-corrected chi connectivity index (χ3v) is 4.17. The van der Waals surface area contributed by atoms with Gasteiger partial charge in [-0.25, -0.2) is 0 Å². The van der Waals surface area contributed by atoms with Crippen LogP contribution in [0, 0.1) is 5.92 Å². The van der Waals surface area contributed by atoms with Gasteiger partial charge in [0.25, 0.3) is 0 Å². The molecule has 0 bridgehead atoms. The molecule has 0 fully saturated rings. The molecule has 1 N–H and O–H groups in total. The van der Waals surface area contributed by atoms with Gasteiger partial charge >= 0.3 is 0 Å².